The van der Waals surface area contributed by atoms with Gasteiger partial charge in [0, 0.05) is 18.6 Å². The van der Waals surface area contributed by atoms with Gasteiger partial charge < -0.3 is 4.74 Å². The third-order valence-corrected chi connectivity index (χ3v) is 5.26. The monoisotopic (exact) mass is 364 g/mol. The van der Waals surface area contributed by atoms with Crippen molar-refractivity contribution in [2.75, 3.05) is 11.6 Å². The van der Waals surface area contributed by atoms with E-state index < -0.39 is 22.7 Å². The molecule has 1 atom stereocenters. The van der Waals surface area contributed by atoms with E-state index in [1.54, 1.807) is 17.5 Å². The number of esters is 1. The number of carbonyl (C=O) groups is 2. The van der Waals surface area contributed by atoms with Gasteiger partial charge in [0.05, 0.1) is 16.4 Å². The van der Waals surface area contributed by atoms with Gasteiger partial charge in [-0.05, 0) is 36.5 Å². The van der Waals surface area contributed by atoms with Crippen LogP contribution < -0.4 is 10.1 Å². The molecular weight excluding hydrogens is 348 g/mol. The van der Waals surface area contributed by atoms with Crippen molar-refractivity contribution in [3.8, 4) is 5.75 Å². The fourth-order valence-electron chi connectivity index (χ4n) is 2.25. The number of nitrogens with zero attached hydrogens (tertiary/aromatic N) is 1. The predicted molar refractivity (Wildman–Crippen MR) is 92.1 cm³/mol. The van der Waals surface area contributed by atoms with Gasteiger partial charge in [-0.25, -0.2) is 4.98 Å². The zero-order valence-electron chi connectivity index (χ0n) is 13.2. The number of nitrogens with one attached hydrogen (secondary N) is 1. The summed E-state index contributed by atoms with van der Waals surface area (Å²) in [6, 6.07) is 5.30. The third-order valence-electron chi connectivity index (χ3n) is 3.55. The molecule has 1 aliphatic carbocycles. The van der Waals surface area contributed by atoms with Crippen LogP contribution in [0.3, 0.4) is 0 Å². The molecule has 8 heteroatoms. The van der Waals surface area contributed by atoms with Crippen LogP contribution >= 0.6 is 11.3 Å². The van der Waals surface area contributed by atoms with Crippen molar-refractivity contribution in [2.45, 2.75) is 30.7 Å². The highest BCUT2D eigenvalue weighted by atomic mass is 32.2. The number of aromatic nitrogens is 1. The molecule has 126 valence electrons. The van der Waals surface area contributed by atoms with Crippen LogP contribution in [-0.4, -0.2) is 27.3 Å². The minimum absolute atomic E-state index is 0.250. The maximum atomic E-state index is 12.5. The lowest BCUT2D eigenvalue weighted by Gasteiger charge is -2.10. The Balaban J connectivity index is 1.84. The Morgan fingerprint density at radius 3 is 2.71 bits per heavy atom. The predicted octanol–water partition coefficient (Wildman–Crippen LogP) is 2.94. The third kappa shape index (κ3) is 3.88. The Bertz CT molecular complexity index is 827. The van der Waals surface area contributed by atoms with E-state index in [0.29, 0.717) is 16.1 Å². The molecule has 24 heavy (non-hydrogen) atoms. The molecule has 0 saturated heterocycles. The van der Waals surface area contributed by atoms with Crippen molar-refractivity contribution in [1.29, 1.82) is 0 Å². The van der Waals surface area contributed by atoms with E-state index in [9.17, 15) is 13.8 Å². The van der Waals surface area contributed by atoms with Crippen LogP contribution in [0.25, 0.3) is 0 Å². The smallest absolute Gasteiger partial charge is 0.308 e. The maximum absolute atomic E-state index is 12.5. The highest BCUT2D eigenvalue weighted by Gasteiger charge is 2.26. The Kier molecular flexibility index (Phi) is 4.77. The number of hydrogen-bond acceptors (Lipinski definition) is 6. The van der Waals surface area contributed by atoms with E-state index >= 15 is 0 Å². The molecule has 0 bridgehead atoms. The second kappa shape index (κ2) is 6.82. The Labute approximate surface area is 145 Å². The summed E-state index contributed by atoms with van der Waals surface area (Å²) >= 11 is 1.19. The van der Waals surface area contributed by atoms with Gasteiger partial charge >= 0.3 is 5.97 Å². The molecule has 3 rings (SSSR count). The first-order chi connectivity index (χ1) is 11.4. The first kappa shape index (κ1) is 16.8. The summed E-state index contributed by atoms with van der Waals surface area (Å²) in [5.74, 6) is -0.163. The first-order valence-electron chi connectivity index (χ1n) is 7.36. The summed E-state index contributed by atoms with van der Waals surface area (Å²) < 4.78 is 16.6. The van der Waals surface area contributed by atoms with E-state index in [1.807, 2.05) is 6.07 Å². The first-order valence-corrected chi connectivity index (χ1v) is 9.80. The number of carbonyl (C=O) groups excluding carboxylic acids is 2. The van der Waals surface area contributed by atoms with Crippen LogP contribution in [0, 0.1) is 0 Å². The average molecular weight is 364 g/mol. The Hall–Kier alpha value is -2.06. The van der Waals surface area contributed by atoms with Gasteiger partial charge in [0.25, 0.3) is 5.91 Å². The molecule has 1 amide bonds. The Morgan fingerprint density at radius 2 is 2.12 bits per heavy atom. The molecule has 1 unspecified atom stereocenters. The normalized spacial score (nSPS) is 14.9. The van der Waals surface area contributed by atoms with Crippen molar-refractivity contribution in [2.24, 2.45) is 0 Å². The van der Waals surface area contributed by atoms with Crippen LogP contribution in [0.2, 0.25) is 0 Å². The number of amides is 1. The van der Waals surface area contributed by atoms with Gasteiger partial charge in [-0.2, -0.15) is 0 Å². The number of ether oxygens (including phenoxy) is 1. The van der Waals surface area contributed by atoms with Crippen LogP contribution in [0.15, 0.2) is 28.6 Å². The molecule has 1 saturated carbocycles. The van der Waals surface area contributed by atoms with Gasteiger partial charge in [0.2, 0.25) is 0 Å². The van der Waals surface area contributed by atoms with Crippen molar-refractivity contribution >= 4 is 39.1 Å². The maximum Gasteiger partial charge on any atom is 0.308 e. The topological polar surface area (TPSA) is 85.4 Å². The summed E-state index contributed by atoms with van der Waals surface area (Å²) in [7, 11) is -1.20. The highest BCUT2D eigenvalue weighted by molar-refractivity contribution is 7.84. The quantitative estimate of drug-likeness (QED) is 0.651. The fourth-order valence-corrected chi connectivity index (χ4v) is 3.78. The molecule has 0 radical (unpaired) electrons. The SMILES string of the molecule is CC(=O)Oc1cc(C2CC2)ccc1C(=O)Nc1nc(S(C)=O)cs1. The molecule has 2 aromatic rings. The summed E-state index contributed by atoms with van der Waals surface area (Å²) in [5.41, 5.74) is 1.34. The average Bonchev–Trinajstić information content (AvgIpc) is 3.26. The number of hydrogen-bond donors (Lipinski definition) is 1. The van der Waals surface area contributed by atoms with Crippen LogP contribution in [-0.2, 0) is 15.6 Å². The summed E-state index contributed by atoms with van der Waals surface area (Å²) in [4.78, 5) is 27.9. The summed E-state index contributed by atoms with van der Waals surface area (Å²) in [6.07, 6.45) is 3.75. The van der Waals surface area contributed by atoms with Gasteiger partial charge in [-0.15, -0.1) is 11.3 Å². The molecule has 0 spiro atoms. The van der Waals surface area contributed by atoms with E-state index in [0.717, 1.165) is 18.4 Å². The van der Waals surface area contributed by atoms with Crippen molar-refractivity contribution in [1.82, 2.24) is 4.98 Å². The molecule has 6 nitrogen and oxygen atoms in total. The van der Waals surface area contributed by atoms with Crippen LogP contribution in [0.1, 0.15) is 41.6 Å². The van der Waals surface area contributed by atoms with Crippen molar-refractivity contribution in [3.63, 3.8) is 0 Å². The second-order valence-electron chi connectivity index (χ2n) is 5.52. The van der Waals surface area contributed by atoms with Gasteiger partial charge in [-0.1, -0.05) is 6.07 Å². The number of thiazole rings is 1. The van der Waals surface area contributed by atoms with Crippen LogP contribution in [0.4, 0.5) is 5.13 Å². The summed E-state index contributed by atoms with van der Waals surface area (Å²) in [6.45, 7) is 1.30. The number of anilines is 1. The molecule has 1 fully saturated rings. The van der Waals surface area contributed by atoms with Gasteiger partial charge in [0.1, 0.15) is 10.8 Å². The largest absolute Gasteiger partial charge is 0.426 e. The number of benzene rings is 1. The number of rotatable bonds is 5. The molecule has 1 aromatic carbocycles. The van der Waals surface area contributed by atoms with Crippen molar-refractivity contribution < 1.29 is 18.5 Å². The lowest BCUT2D eigenvalue weighted by molar-refractivity contribution is -0.131. The zero-order chi connectivity index (χ0) is 17.3. The lowest BCUT2D eigenvalue weighted by atomic mass is 10.1. The summed E-state index contributed by atoms with van der Waals surface area (Å²) in [5, 5.41) is 5.06. The molecule has 0 aliphatic heterocycles. The Morgan fingerprint density at radius 1 is 1.38 bits per heavy atom. The van der Waals surface area contributed by atoms with Crippen molar-refractivity contribution in [3.05, 3.63) is 34.7 Å². The molecule has 1 aromatic heterocycles. The zero-order valence-corrected chi connectivity index (χ0v) is 14.8. The molecular formula is C16H16N2O4S2. The van der Waals surface area contributed by atoms with Crippen LogP contribution in [0.5, 0.6) is 5.75 Å². The van der Waals surface area contributed by atoms with E-state index in [4.69, 9.17) is 4.74 Å². The van der Waals surface area contributed by atoms with E-state index in [-0.39, 0.29) is 11.3 Å². The minimum Gasteiger partial charge on any atom is -0.426 e. The minimum atomic E-state index is -1.20. The van der Waals surface area contributed by atoms with E-state index in [2.05, 4.69) is 10.3 Å². The second-order valence-corrected chi connectivity index (χ2v) is 7.71. The van der Waals surface area contributed by atoms with Gasteiger partial charge in [-0.3, -0.25) is 19.1 Å². The standard InChI is InChI=1S/C16H16N2O4S2/c1-9(19)22-13-7-11(10-3-4-10)5-6-12(13)15(20)18-16-17-14(8-23-16)24(2)21/h5-8,10H,3-4H2,1-2H3,(H,17,18,20). The van der Waals surface area contributed by atoms with Gasteiger partial charge in [0.15, 0.2) is 5.13 Å². The lowest BCUT2D eigenvalue weighted by Crippen LogP contribution is -2.15. The fraction of sp³-hybridized carbons (Fsp3) is 0.312. The molecule has 1 heterocycles. The molecule has 1 N–H and O–H groups in total. The van der Waals surface area contributed by atoms with E-state index in [1.165, 1.54) is 24.5 Å². The molecule has 1 aliphatic rings. The highest BCUT2D eigenvalue weighted by Crippen LogP contribution is 2.41.